The summed E-state index contributed by atoms with van der Waals surface area (Å²) in [6, 6.07) is 8.34. The molecule has 0 heterocycles. The maximum Gasteiger partial charge on any atom is 0.407 e. The number of amides is 3. The van der Waals surface area contributed by atoms with Gasteiger partial charge in [-0.3, -0.25) is 9.59 Å². The standard InChI is InChI=1S/C24H40N4O5/c1-4-21(23(31)26-12-8-11-25-13-14-29)28-22(30)16-20(15-18(2)3)27-24(32)33-17-19-9-6-5-7-10-19/h5-7,9-10,18,20-21,25,29H,4,8,11-17H2,1-3H3,(H,26,31)(H,27,32)(H,28,30). The quantitative estimate of drug-likeness (QED) is 0.237. The van der Waals surface area contributed by atoms with Gasteiger partial charge in [-0.2, -0.15) is 0 Å². The van der Waals surface area contributed by atoms with E-state index >= 15 is 0 Å². The summed E-state index contributed by atoms with van der Waals surface area (Å²) in [6.45, 7) is 7.78. The molecule has 5 N–H and O–H groups in total. The molecule has 186 valence electrons. The molecule has 3 amide bonds. The predicted octanol–water partition coefficient (Wildman–Crippen LogP) is 1.70. The van der Waals surface area contributed by atoms with Crippen molar-refractivity contribution < 1.29 is 24.2 Å². The molecule has 0 saturated heterocycles. The van der Waals surface area contributed by atoms with Crippen LogP contribution in [0.1, 0.15) is 52.0 Å². The number of benzene rings is 1. The minimum Gasteiger partial charge on any atom is -0.445 e. The minimum absolute atomic E-state index is 0.0630. The molecule has 2 atom stereocenters. The molecule has 0 fully saturated rings. The van der Waals surface area contributed by atoms with Gasteiger partial charge in [-0.05, 0) is 37.3 Å². The molecule has 0 saturated carbocycles. The molecule has 0 radical (unpaired) electrons. The molecule has 0 bridgehead atoms. The first kappa shape index (κ1) is 28.4. The minimum atomic E-state index is -0.632. The second-order valence-corrected chi connectivity index (χ2v) is 8.38. The smallest absolute Gasteiger partial charge is 0.407 e. The van der Waals surface area contributed by atoms with Gasteiger partial charge in [0.2, 0.25) is 11.8 Å². The van der Waals surface area contributed by atoms with Crippen LogP contribution in [0.2, 0.25) is 0 Å². The van der Waals surface area contributed by atoms with Gasteiger partial charge in [0.05, 0.1) is 6.61 Å². The fourth-order valence-electron chi connectivity index (χ4n) is 3.28. The van der Waals surface area contributed by atoms with Crippen molar-refractivity contribution in [2.45, 2.75) is 65.1 Å². The molecule has 9 nitrogen and oxygen atoms in total. The topological polar surface area (TPSA) is 129 Å². The van der Waals surface area contributed by atoms with E-state index in [4.69, 9.17) is 9.84 Å². The van der Waals surface area contributed by atoms with Crippen molar-refractivity contribution in [1.29, 1.82) is 0 Å². The Morgan fingerprint density at radius 2 is 1.76 bits per heavy atom. The lowest BCUT2D eigenvalue weighted by molar-refractivity contribution is -0.129. The largest absolute Gasteiger partial charge is 0.445 e. The van der Waals surface area contributed by atoms with Crippen LogP contribution in [0.25, 0.3) is 0 Å². The zero-order valence-electron chi connectivity index (χ0n) is 20.1. The number of carbonyl (C=O) groups is 3. The molecule has 0 aromatic heterocycles. The lowest BCUT2D eigenvalue weighted by atomic mass is 10.0. The van der Waals surface area contributed by atoms with Gasteiger partial charge in [0.1, 0.15) is 12.6 Å². The van der Waals surface area contributed by atoms with E-state index in [9.17, 15) is 14.4 Å². The van der Waals surface area contributed by atoms with Gasteiger partial charge in [0.15, 0.2) is 0 Å². The van der Waals surface area contributed by atoms with Gasteiger partial charge >= 0.3 is 6.09 Å². The van der Waals surface area contributed by atoms with Crippen LogP contribution < -0.4 is 21.3 Å². The Hall–Kier alpha value is -2.65. The average molecular weight is 465 g/mol. The zero-order chi connectivity index (χ0) is 24.5. The summed E-state index contributed by atoms with van der Waals surface area (Å²) in [4.78, 5) is 37.2. The van der Waals surface area contributed by atoms with E-state index in [1.165, 1.54) is 0 Å². The fourth-order valence-corrected chi connectivity index (χ4v) is 3.28. The van der Waals surface area contributed by atoms with Crippen molar-refractivity contribution in [3.8, 4) is 0 Å². The highest BCUT2D eigenvalue weighted by atomic mass is 16.5. The second-order valence-electron chi connectivity index (χ2n) is 8.38. The Kier molecular flexibility index (Phi) is 14.5. The summed E-state index contributed by atoms with van der Waals surface area (Å²) < 4.78 is 5.28. The number of hydrogen-bond acceptors (Lipinski definition) is 6. The average Bonchev–Trinajstić information content (AvgIpc) is 2.78. The van der Waals surface area contributed by atoms with E-state index in [0.717, 1.165) is 12.0 Å². The number of aliphatic hydroxyl groups excluding tert-OH is 1. The number of aliphatic hydroxyl groups is 1. The first-order valence-electron chi connectivity index (χ1n) is 11.7. The number of ether oxygens (including phenoxy) is 1. The highest BCUT2D eigenvalue weighted by Crippen LogP contribution is 2.10. The van der Waals surface area contributed by atoms with Crippen LogP contribution in [0.4, 0.5) is 4.79 Å². The fraction of sp³-hybridized carbons (Fsp3) is 0.625. The number of rotatable bonds is 16. The van der Waals surface area contributed by atoms with Crippen LogP contribution in [-0.2, 0) is 20.9 Å². The van der Waals surface area contributed by atoms with Crippen LogP contribution in [0.5, 0.6) is 0 Å². The van der Waals surface area contributed by atoms with Gasteiger partial charge in [-0.1, -0.05) is 51.1 Å². The Bertz CT molecular complexity index is 699. The van der Waals surface area contributed by atoms with Crippen LogP contribution in [0, 0.1) is 5.92 Å². The maximum absolute atomic E-state index is 12.6. The second kappa shape index (κ2) is 16.9. The number of nitrogens with one attached hydrogen (secondary N) is 4. The molecule has 0 spiro atoms. The number of carbonyl (C=O) groups excluding carboxylic acids is 3. The van der Waals surface area contributed by atoms with Gasteiger partial charge in [-0.15, -0.1) is 0 Å². The van der Waals surface area contributed by atoms with E-state index in [1.54, 1.807) is 0 Å². The summed E-state index contributed by atoms with van der Waals surface area (Å²) in [5.74, 6) is -0.263. The third-order valence-electron chi connectivity index (χ3n) is 4.90. The van der Waals surface area contributed by atoms with Gasteiger partial charge < -0.3 is 31.1 Å². The third-order valence-corrected chi connectivity index (χ3v) is 4.90. The van der Waals surface area contributed by atoms with E-state index in [2.05, 4.69) is 21.3 Å². The Labute approximate surface area is 197 Å². The van der Waals surface area contributed by atoms with Crippen LogP contribution in [0.3, 0.4) is 0 Å². The molecule has 33 heavy (non-hydrogen) atoms. The van der Waals surface area contributed by atoms with Crippen molar-refractivity contribution >= 4 is 17.9 Å². The lowest BCUT2D eigenvalue weighted by Gasteiger charge is -2.22. The first-order valence-corrected chi connectivity index (χ1v) is 11.7. The lowest BCUT2D eigenvalue weighted by Crippen LogP contribution is -2.48. The first-order chi connectivity index (χ1) is 15.8. The molecule has 1 aromatic rings. The SMILES string of the molecule is CCC(NC(=O)CC(CC(C)C)NC(=O)OCc1ccccc1)C(=O)NCCCNCCO. The highest BCUT2D eigenvalue weighted by Gasteiger charge is 2.23. The summed E-state index contributed by atoms with van der Waals surface area (Å²) >= 11 is 0. The van der Waals surface area contributed by atoms with Crippen LogP contribution in [-0.4, -0.2) is 61.3 Å². The van der Waals surface area contributed by atoms with E-state index in [-0.39, 0.29) is 37.4 Å². The molecular weight excluding hydrogens is 424 g/mol. The van der Waals surface area contributed by atoms with Crippen molar-refractivity contribution in [3.63, 3.8) is 0 Å². The third kappa shape index (κ3) is 13.5. The zero-order valence-corrected chi connectivity index (χ0v) is 20.1. The normalized spacial score (nSPS) is 12.6. The van der Waals surface area contributed by atoms with Crippen LogP contribution >= 0.6 is 0 Å². The van der Waals surface area contributed by atoms with Gasteiger partial charge in [-0.25, -0.2) is 4.79 Å². The molecule has 1 aromatic carbocycles. The van der Waals surface area contributed by atoms with Crippen molar-refractivity contribution in [3.05, 3.63) is 35.9 Å². The maximum atomic E-state index is 12.6. The Morgan fingerprint density at radius 3 is 2.39 bits per heavy atom. The van der Waals surface area contributed by atoms with Crippen molar-refractivity contribution in [1.82, 2.24) is 21.3 Å². The Balaban J connectivity index is 2.48. The molecule has 0 aliphatic rings. The van der Waals surface area contributed by atoms with Gasteiger partial charge in [0, 0.05) is 25.6 Å². The Morgan fingerprint density at radius 1 is 1.03 bits per heavy atom. The number of alkyl carbamates (subject to hydrolysis) is 1. The van der Waals surface area contributed by atoms with E-state index in [1.807, 2.05) is 51.1 Å². The molecule has 1 rings (SSSR count). The molecular formula is C24H40N4O5. The van der Waals surface area contributed by atoms with Gasteiger partial charge in [0.25, 0.3) is 0 Å². The summed E-state index contributed by atoms with van der Waals surface area (Å²) in [6.07, 6.45) is 1.28. The summed E-state index contributed by atoms with van der Waals surface area (Å²) in [5, 5.41) is 20.1. The predicted molar refractivity (Wildman–Crippen MR) is 127 cm³/mol. The van der Waals surface area contributed by atoms with Crippen LogP contribution in [0.15, 0.2) is 30.3 Å². The van der Waals surface area contributed by atoms with Crippen molar-refractivity contribution in [2.75, 3.05) is 26.2 Å². The monoisotopic (exact) mass is 464 g/mol. The molecule has 0 aliphatic heterocycles. The van der Waals surface area contributed by atoms with E-state index < -0.39 is 18.2 Å². The van der Waals surface area contributed by atoms with E-state index in [0.29, 0.717) is 32.5 Å². The molecule has 0 aliphatic carbocycles. The van der Waals surface area contributed by atoms with Crippen molar-refractivity contribution in [2.24, 2.45) is 5.92 Å². The molecule has 2 unspecified atom stereocenters. The highest BCUT2D eigenvalue weighted by molar-refractivity contribution is 5.87. The number of hydrogen-bond donors (Lipinski definition) is 5. The molecule has 9 heteroatoms. The summed E-state index contributed by atoms with van der Waals surface area (Å²) in [5.41, 5.74) is 0.881. The summed E-state index contributed by atoms with van der Waals surface area (Å²) in [7, 11) is 0.